The Kier molecular flexibility index (Phi) is 6.94. The minimum atomic E-state index is 0.554. The first-order chi connectivity index (χ1) is 10.3. The van der Waals surface area contributed by atoms with E-state index in [1.54, 1.807) is 0 Å². The number of hydrogen-bond donors (Lipinski definition) is 1. The molecule has 0 spiro atoms. The van der Waals surface area contributed by atoms with Gasteiger partial charge in [0.05, 0.1) is 10.2 Å². The lowest BCUT2D eigenvalue weighted by Gasteiger charge is -2.17. The number of aromatic nitrogens is 2. The van der Waals surface area contributed by atoms with Crippen molar-refractivity contribution in [2.45, 2.75) is 77.6 Å². The number of hydrogen-bond acceptors (Lipinski definition) is 3. The van der Waals surface area contributed by atoms with Gasteiger partial charge in [-0.2, -0.15) is 0 Å². The van der Waals surface area contributed by atoms with Gasteiger partial charge in [-0.1, -0.05) is 46.0 Å². The molecule has 0 aromatic carbocycles. The van der Waals surface area contributed by atoms with Crippen LogP contribution in [0, 0.1) is 0 Å². The lowest BCUT2D eigenvalue weighted by molar-refractivity contribution is 0.557. The molecule has 0 amide bonds. The molecule has 3 nitrogen and oxygen atoms in total. The lowest BCUT2D eigenvalue weighted by Crippen LogP contribution is -2.12. The van der Waals surface area contributed by atoms with E-state index in [1.807, 2.05) is 0 Å². The first-order valence-electron chi connectivity index (χ1n) is 8.56. The Hall–Kier alpha value is -0.640. The molecule has 0 unspecified atom stereocenters. The molecular weight excluding hydrogens is 326 g/mol. The van der Waals surface area contributed by atoms with E-state index in [0.717, 1.165) is 41.9 Å². The molecular formula is C17H28BrN3. The van der Waals surface area contributed by atoms with Crippen LogP contribution in [-0.4, -0.2) is 16.5 Å². The van der Waals surface area contributed by atoms with Crippen molar-refractivity contribution in [2.24, 2.45) is 0 Å². The summed E-state index contributed by atoms with van der Waals surface area (Å²) < 4.78 is 1.06. The van der Waals surface area contributed by atoms with Gasteiger partial charge in [0.15, 0.2) is 0 Å². The maximum Gasteiger partial charge on any atom is 0.144 e. The van der Waals surface area contributed by atoms with Crippen LogP contribution in [0.2, 0.25) is 0 Å². The zero-order chi connectivity index (χ0) is 15.1. The second-order valence-corrected chi connectivity index (χ2v) is 6.85. The summed E-state index contributed by atoms with van der Waals surface area (Å²) in [5, 5.41) is 3.46. The smallest absolute Gasteiger partial charge is 0.144 e. The number of halogens is 1. The van der Waals surface area contributed by atoms with Crippen LogP contribution in [0.25, 0.3) is 0 Å². The molecule has 0 saturated heterocycles. The Labute approximate surface area is 137 Å². The van der Waals surface area contributed by atoms with Crippen molar-refractivity contribution in [3.63, 3.8) is 0 Å². The molecule has 118 valence electrons. The van der Waals surface area contributed by atoms with E-state index < -0.39 is 0 Å². The average Bonchev–Trinajstić information content (AvgIpc) is 2.77. The van der Waals surface area contributed by atoms with Crippen molar-refractivity contribution in [1.82, 2.24) is 9.97 Å². The third-order valence-corrected chi connectivity index (χ3v) is 5.02. The summed E-state index contributed by atoms with van der Waals surface area (Å²) in [7, 11) is 0. The summed E-state index contributed by atoms with van der Waals surface area (Å²) in [5.74, 6) is 2.62. The largest absolute Gasteiger partial charge is 0.369 e. The van der Waals surface area contributed by atoms with Crippen LogP contribution in [0.3, 0.4) is 0 Å². The number of nitrogens with zero attached hydrogens (tertiary/aromatic N) is 2. The van der Waals surface area contributed by atoms with Gasteiger partial charge in [-0.05, 0) is 41.6 Å². The van der Waals surface area contributed by atoms with Crippen LogP contribution in [0.15, 0.2) is 4.47 Å². The Bertz CT molecular complexity index is 440. The summed E-state index contributed by atoms with van der Waals surface area (Å²) in [4.78, 5) is 9.75. The van der Waals surface area contributed by atoms with Crippen LogP contribution >= 0.6 is 15.9 Å². The van der Waals surface area contributed by atoms with Gasteiger partial charge in [-0.15, -0.1) is 0 Å². The first-order valence-corrected chi connectivity index (χ1v) is 9.35. The van der Waals surface area contributed by atoms with Crippen molar-refractivity contribution in [1.29, 1.82) is 0 Å². The Morgan fingerprint density at radius 2 is 1.76 bits per heavy atom. The van der Waals surface area contributed by atoms with E-state index in [1.165, 1.54) is 44.2 Å². The van der Waals surface area contributed by atoms with Crippen LogP contribution in [0.4, 0.5) is 5.82 Å². The number of rotatable bonds is 6. The molecule has 1 aliphatic rings. The number of anilines is 1. The van der Waals surface area contributed by atoms with Gasteiger partial charge >= 0.3 is 0 Å². The van der Waals surface area contributed by atoms with Crippen molar-refractivity contribution in [3.8, 4) is 0 Å². The second kappa shape index (κ2) is 8.72. The van der Waals surface area contributed by atoms with E-state index in [4.69, 9.17) is 9.97 Å². The highest BCUT2D eigenvalue weighted by atomic mass is 79.9. The number of aryl methyl sites for hydroxylation is 1. The molecule has 0 atom stereocenters. The highest BCUT2D eigenvalue weighted by Crippen LogP contribution is 2.33. The number of nitrogens with one attached hydrogen (secondary N) is 1. The fourth-order valence-electron chi connectivity index (χ4n) is 3.00. The molecule has 1 aliphatic carbocycles. The summed E-state index contributed by atoms with van der Waals surface area (Å²) in [6, 6.07) is 0. The maximum atomic E-state index is 4.90. The van der Waals surface area contributed by atoms with Gasteiger partial charge < -0.3 is 5.32 Å². The van der Waals surface area contributed by atoms with Crippen LogP contribution < -0.4 is 5.32 Å². The molecule has 1 heterocycles. The molecule has 1 fully saturated rings. The fourth-order valence-corrected chi connectivity index (χ4v) is 3.51. The van der Waals surface area contributed by atoms with Gasteiger partial charge in [0.1, 0.15) is 11.6 Å². The van der Waals surface area contributed by atoms with Crippen molar-refractivity contribution < 1.29 is 0 Å². The van der Waals surface area contributed by atoms with E-state index in [-0.39, 0.29) is 0 Å². The van der Waals surface area contributed by atoms with Gasteiger partial charge in [0, 0.05) is 12.5 Å². The van der Waals surface area contributed by atoms with E-state index >= 15 is 0 Å². The van der Waals surface area contributed by atoms with E-state index in [2.05, 4.69) is 35.1 Å². The molecule has 4 heteroatoms. The molecule has 1 saturated carbocycles. The normalized spacial score (nSPS) is 16.7. The third kappa shape index (κ3) is 4.67. The molecule has 2 rings (SSSR count). The topological polar surface area (TPSA) is 37.8 Å². The van der Waals surface area contributed by atoms with Crippen molar-refractivity contribution in [3.05, 3.63) is 16.0 Å². The van der Waals surface area contributed by atoms with Crippen molar-refractivity contribution >= 4 is 21.7 Å². The SMILES string of the molecule is CCCNc1nc(C2CCCCCC2)nc(CCC)c1Br. The standard InChI is InChI=1S/C17H28BrN3/c1-3-9-14-15(18)17(19-12-4-2)21-16(20-14)13-10-7-5-6-8-11-13/h13H,3-12H2,1-2H3,(H,19,20,21). The highest BCUT2D eigenvalue weighted by Gasteiger charge is 2.20. The molecule has 0 radical (unpaired) electrons. The second-order valence-electron chi connectivity index (χ2n) is 6.06. The van der Waals surface area contributed by atoms with E-state index in [9.17, 15) is 0 Å². The van der Waals surface area contributed by atoms with Crippen molar-refractivity contribution in [2.75, 3.05) is 11.9 Å². The first kappa shape index (κ1) is 16.7. The van der Waals surface area contributed by atoms with Gasteiger partial charge in [-0.25, -0.2) is 9.97 Å². The minimum absolute atomic E-state index is 0.554. The zero-order valence-electron chi connectivity index (χ0n) is 13.4. The van der Waals surface area contributed by atoms with Crippen LogP contribution in [0.5, 0.6) is 0 Å². The molecule has 0 bridgehead atoms. The lowest BCUT2D eigenvalue weighted by atomic mass is 9.99. The maximum absolute atomic E-state index is 4.90. The predicted octanol–water partition coefficient (Wildman–Crippen LogP) is 5.45. The third-order valence-electron chi connectivity index (χ3n) is 4.19. The summed E-state index contributed by atoms with van der Waals surface area (Å²) in [6.45, 7) is 5.35. The van der Waals surface area contributed by atoms with Gasteiger partial charge in [0.2, 0.25) is 0 Å². The summed E-state index contributed by atoms with van der Waals surface area (Å²) >= 11 is 3.70. The molecule has 0 aliphatic heterocycles. The Morgan fingerprint density at radius 1 is 1.05 bits per heavy atom. The fraction of sp³-hybridized carbons (Fsp3) is 0.765. The Balaban J connectivity index is 2.27. The highest BCUT2D eigenvalue weighted by molar-refractivity contribution is 9.10. The molecule has 1 aromatic rings. The van der Waals surface area contributed by atoms with Gasteiger partial charge in [-0.3, -0.25) is 0 Å². The molecule has 21 heavy (non-hydrogen) atoms. The quantitative estimate of drug-likeness (QED) is 0.690. The summed E-state index contributed by atoms with van der Waals surface area (Å²) in [5.41, 5.74) is 1.17. The average molecular weight is 354 g/mol. The summed E-state index contributed by atoms with van der Waals surface area (Å²) in [6.07, 6.45) is 11.1. The van der Waals surface area contributed by atoms with Gasteiger partial charge in [0.25, 0.3) is 0 Å². The zero-order valence-corrected chi connectivity index (χ0v) is 15.0. The van der Waals surface area contributed by atoms with Crippen LogP contribution in [0.1, 0.15) is 82.7 Å². The Morgan fingerprint density at radius 3 is 2.38 bits per heavy atom. The predicted molar refractivity (Wildman–Crippen MR) is 93.0 cm³/mol. The minimum Gasteiger partial charge on any atom is -0.369 e. The molecule has 1 aromatic heterocycles. The molecule has 1 N–H and O–H groups in total. The van der Waals surface area contributed by atoms with E-state index in [0.29, 0.717) is 5.92 Å². The van der Waals surface area contributed by atoms with Crippen LogP contribution in [-0.2, 0) is 6.42 Å². The monoisotopic (exact) mass is 353 g/mol.